The Hall–Kier alpha value is -0.580. The van der Waals surface area contributed by atoms with Crippen molar-refractivity contribution in [3.8, 4) is 0 Å². The summed E-state index contributed by atoms with van der Waals surface area (Å²) in [6.45, 7) is 7.67. The summed E-state index contributed by atoms with van der Waals surface area (Å²) in [4.78, 5) is 2.44. The molecule has 3 nitrogen and oxygen atoms in total. The number of nitrogens with one attached hydrogen (secondary N) is 1. The molecule has 0 aromatic heterocycles. The molecule has 1 aliphatic rings. The van der Waals surface area contributed by atoms with E-state index in [1.807, 2.05) is 0 Å². The predicted octanol–water partition coefficient (Wildman–Crippen LogP) is 2.55. The van der Waals surface area contributed by atoms with Crippen molar-refractivity contribution in [3.63, 3.8) is 0 Å². The van der Waals surface area contributed by atoms with Gasteiger partial charge in [0, 0.05) is 35.9 Å². The van der Waals surface area contributed by atoms with Crippen LogP contribution in [-0.2, 0) is 0 Å². The van der Waals surface area contributed by atoms with Crippen molar-refractivity contribution in [2.45, 2.75) is 26.3 Å². The maximum Gasteiger partial charge on any atom is 0.0451 e. The zero-order chi connectivity index (χ0) is 13.8. The molecule has 1 saturated heterocycles. The molecule has 1 aromatic rings. The number of aliphatic hydroxyl groups is 1. The lowest BCUT2D eigenvalue weighted by atomic mass is 10.1. The Morgan fingerprint density at radius 3 is 2.89 bits per heavy atom. The molecule has 0 spiro atoms. The number of rotatable bonds is 3. The summed E-state index contributed by atoms with van der Waals surface area (Å²) in [6.07, 6.45) is 0.814. The van der Waals surface area contributed by atoms with Gasteiger partial charge >= 0.3 is 0 Å². The highest BCUT2D eigenvalue weighted by atomic mass is 79.9. The Labute approximate surface area is 124 Å². The van der Waals surface area contributed by atoms with E-state index < -0.39 is 0 Å². The maximum atomic E-state index is 9.28. The standard InChI is InChI=1S/C15H23BrN2O/c1-11-8-17-9-14(5-6-19)18(10-11)13-3-4-15(16)12(2)7-13/h3-4,7,11,14,17,19H,5-6,8-10H2,1-2H3. The summed E-state index contributed by atoms with van der Waals surface area (Å²) in [5.41, 5.74) is 2.51. The lowest BCUT2D eigenvalue weighted by Gasteiger charge is -2.33. The maximum absolute atomic E-state index is 9.28. The average molecular weight is 327 g/mol. The molecule has 1 aliphatic heterocycles. The van der Waals surface area contributed by atoms with Crippen LogP contribution >= 0.6 is 15.9 Å². The first-order valence-electron chi connectivity index (χ1n) is 6.96. The second kappa shape index (κ2) is 6.73. The Kier molecular flexibility index (Phi) is 5.25. The number of hydrogen-bond acceptors (Lipinski definition) is 3. The van der Waals surface area contributed by atoms with Crippen molar-refractivity contribution >= 4 is 21.6 Å². The van der Waals surface area contributed by atoms with Gasteiger partial charge in [0.2, 0.25) is 0 Å². The molecule has 106 valence electrons. The molecule has 2 rings (SSSR count). The Morgan fingerprint density at radius 1 is 1.42 bits per heavy atom. The second-order valence-corrected chi connectivity index (χ2v) is 6.37. The normalized spacial score (nSPS) is 24.3. The molecule has 0 saturated carbocycles. The van der Waals surface area contributed by atoms with Crippen molar-refractivity contribution in [2.75, 3.05) is 31.1 Å². The van der Waals surface area contributed by atoms with Crippen molar-refractivity contribution in [1.82, 2.24) is 5.32 Å². The van der Waals surface area contributed by atoms with E-state index in [0.29, 0.717) is 12.0 Å². The van der Waals surface area contributed by atoms with Crippen LogP contribution in [0.4, 0.5) is 5.69 Å². The molecule has 0 bridgehead atoms. The number of anilines is 1. The number of nitrogens with zero attached hydrogens (tertiary/aromatic N) is 1. The number of benzene rings is 1. The minimum Gasteiger partial charge on any atom is -0.396 e. The first-order valence-corrected chi connectivity index (χ1v) is 7.75. The molecule has 2 N–H and O–H groups in total. The van der Waals surface area contributed by atoms with Crippen LogP contribution in [0.15, 0.2) is 22.7 Å². The van der Waals surface area contributed by atoms with Crippen LogP contribution in [0, 0.1) is 12.8 Å². The molecule has 0 amide bonds. The fourth-order valence-corrected chi connectivity index (χ4v) is 2.93. The molecule has 2 unspecified atom stereocenters. The predicted molar refractivity (Wildman–Crippen MR) is 83.7 cm³/mol. The zero-order valence-corrected chi connectivity index (χ0v) is 13.3. The minimum absolute atomic E-state index is 0.243. The highest BCUT2D eigenvalue weighted by Crippen LogP contribution is 2.26. The minimum atomic E-state index is 0.243. The van der Waals surface area contributed by atoms with Crippen LogP contribution in [0.1, 0.15) is 18.9 Å². The van der Waals surface area contributed by atoms with E-state index in [2.05, 4.69) is 58.2 Å². The third-order valence-electron chi connectivity index (χ3n) is 3.76. The van der Waals surface area contributed by atoms with Gasteiger partial charge < -0.3 is 15.3 Å². The second-order valence-electron chi connectivity index (χ2n) is 5.52. The number of aryl methyl sites for hydroxylation is 1. The van der Waals surface area contributed by atoms with Crippen LogP contribution in [0.3, 0.4) is 0 Å². The first kappa shape index (κ1) is 14.8. The molecule has 1 heterocycles. The molecule has 1 aromatic carbocycles. The molecule has 19 heavy (non-hydrogen) atoms. The van der Waals surface area contributed by atoms with Gasteiger partial charge in [-0.15, -0.1) is 0 Å². The smallest absolute Gasteiger partial charge is 0.0451 e. The van der Waals surface area contributed by atoms with Crippen molar-refractivity contribution in [2.24, 2.45) is 5.92 Å². The van der Waals surface area contributed by atoms with Gasteiger partial charge in [0.1, 0.15) is 0 Å². The zero-order valence-electron chi connectivity index (χ0n) is 11.7. The van der Waals surface area contributed by atoms with E-state index >= 15 is 0 Å². The molecular formula is C15H23BrN2O. The summed E-state index contributed by atoms with van der Waals surface area (Å²) in [7, 11) is 0. The van der Waals surface area contributed by atoms with Gasteiger partial charge in [-0.05, 0) is 49.6 Å². The van der Waals surface area contributed by atoms with E-state index in [1.54, 1.807) is 0 Å². The van der Waals surface area contributed by atoms with Crippen LogP contribution in [0.25, 0.3) is 0 Å². The molecular weight excluding hydrogens is 304 g/mol. The van der Waals surface area contributed by atoms with Gasteiger partial charge in [-0.2, -0.15) is 0 Å². The Morgan fingerprint density at radius 2 is 2.21 bits per heavy atom. The van der Waals surface area contributed by atoms with Gasteiger partial charge in [-0.3, -0.25) is 0 Å². The van der Waals surface area contributed by atoms with Crippen molar-refractivity contribution < 1.29 is 5.11 Å². The van der Waals surface area contributed by atoms with E-state index in [9.17, 15) is 5.11 Å². The van der Waals surface area contributed by atoms with Crippen LogP contribution < -0.4 is 10.2 Å². The van der Waals surface area contributed by atoms with E-state index in [0.717, 1.165) is 30.5 Å². The third-order valence-corrected chi connectivity index (χ3v) is 4.65. The summed E-state index contributed by atoms with van der Waals surface area (Å²) >= 11 is 3.56. The van der Waals surface area contributed by atoms with E-state index in [4.69, 9.17) is 0 Å². The number of halogens is 1. The Bertz CT molecular complexity index is 425. The summed E-state index contributed by atoms with van der Waals surface area (Å²) in [5, 5.41) is 12.8. The van der Waals surface area contributed by atoms with Crippen LogP contribution in [-0.4, -0.2) is 37.4 Å². The van der Waals surface area contributed by atoms with Gasteiger partial charge in [0.05, 0.1) is 0 Å². The fourth-order valence-electron chi connectivity index (χ4n) is 2.69. The van der Waals surface area contributed by atoms with Crippen molar-refractivity contribution in [1.29, 1.82) is 0 Å². The lowest BCUT2D eigenvalue weighted by Crippen LogP contribution is -2.41. The molecule has 0 radical (unpaired) electrons. The Balaban J connectivity index is 2.26. The average Bonchev–Trinajstić information content (AvgIpc) is 2.56. The SMILES string of the molecule is Cc1cc(N2CC(C)CNCC2CCO)ccc1Br. The fraction of sp³-hybridized carbons (Fsp3) is 0.600. The van der Waals surface area contributed by atoms with E-state index in [1.165, 1.54) is 11.3 Å². The quantitative estimate of drug-likeness (QED) is 0.896. The third kappa shape index (κ3) is 3.71. The first-order chi connectivity index (χ1) is 9.11. The molecule has 1 fully saturated rings. The van der Waals surface area contributed by atoms with E-state index in [-0.39, 0.29) is 6.61 Å². The van der Waals surface area contributed by atoms with Crippen LogP contribution in [0.5, 0.6) is 0 Å². The summed E-state index contributed by atoms with van der Waals surface area (Å²) in [5.74, 6) is 0.618. The lowest BCUT2D eigenvalue weighted by molar-refractivity contribution is 0.272. The monoisotopic (exact) mass is 326 g/mol. The molecule has 4 heteroatoms. The molecule has 0 aliphatic carbocycles. The summed E-state index contributed by atoms with van der Waals surface area (Å²) < 4.78 is 1.15. The van der Waals surface area contributed by atoms with Crippen molar-refractivity contribution in [3.05, 3.63) is 28.2 Å². The van der Waals surface area contributed by atoms with Gasteiger partial charge in [0.25, 0.3) is 0 Å². The number of aliphatic hydroxyl groups excluding tert-OH is 1. The molecule has 2 atom stereocenters. The van der Waals surface area contributed by atoms with Gasteiger partial charge in [-0.25, -0.2) is 0 Å². The topological polar surface area (TPSA) is 35.5 Å². The van der Waals surface area contributed by atoms with Gasteiger partial charge in [-0.1, -0.05) is 22.9 Å². The highest BCUT2D eigenvalue weighted by molar-refractivity contribution is 9.10. The van der Waals surface area contributed by atoms with Gasteiger partial charge in [0.15, 0.2) is 0 Å². The highest BCUT2D eigenvalue weighted by Gasteiger charge is 2.24. The van der Waals surface area contributed by atoms with Crippen LogP contribution in [0.2, 0.25) is 0 Å². The number of hydrogen-bond donors (Lipinski definition) is 2. The summed E-state index contributed by atoms with van der Waals surface area (Å²) in [6, 6.07) is 6.88. The largest absolute Gasteiger partial charge is 0.396 e.